The third-order valence-corrected chi connectivity index (χ3v) is 5.13. The number of carbonyl (C=O) groups is 1. The molecule has 0 N–H and O–H groups in total. The third-order valence-electron chi connectivity index (χ3n) is 5.13. The number of piperazine rings is 1. The molecular formula is C19H25N5O3. The molecule has 2 saturated heterocycles. The molecule has 2 aliphatic heterocycles. The summed E-state index contributed by atoms with van der Waals surface area (Å²) in [6.07, 6.45) is -0.186. The van der Waals surface area contributed by atoms with Crippen LogP contribution in [0.4, 0.5) is 4.79 Å². The van der Waals surface area contributed by atoms with E-state index in [1.165, 1.54) is 5.56 Å². The minimum absolute atomic E-state index is 0.186. The highest BCUT2D eigenvalue weighted by Crippen LogP contribution is 2.17. The van der Waals surface area contributed by atoms with Crippen molar-refractivity contribution in [2.24, 2.45) is 0 Å². The molecule has 0 bridgehead atoms. The van der Waals surface area contributed by atoms with Gasteiger partial charge in [-0.05, 0) is 6.92 Å². The van der Waals surface area contributed by atoms with Crippen molar-refractivity contribution in [1.82, 2.24) is 24.8 Å². The van der Waals surface area contributed by atoms with Gasteiger partial charge < -0.3 is 14.2 Å². The molecule has 2 aromatic rings. The Morgan fingerprint density at radius 3 is 2.44 bits per heavy atom. The maximum atomic E-state index is 11.5. The maximum Gasteiger partial charge on any atom is 0.409 e. The lowest BCUT2D eigenvalue weighted by Gasteiger charge is -2.34. The van der Waals surface area contributed by atoms with E-state index in [4.69, 9.17) is 9.26 Å². The monoisotopic (exact) mass is 371 g/mol. The molecule has 27 heavy (non-hydrogen) atoms. The Labute approximate surface area is 158 Å². The van der Waals surface area contributed by atoms with Crippen LogP contribution in [0, 0.1) is 6.92 Å². The van der Waals surface area contributed by atoms with Crippen molar-refractivity contribution in [2.75, 3.05) is 52.4 Å². The second-order valence-corrected chi connectivity index (χ2v) is 7.10. The summed E-state index contributed by atoms with van der Waals surface area (Å²) in [5, 5.41) is 4.10. The van der Waals surface area contributed by atoms with Gasteiger partial charge in [0.25, 0.3) is 0 Å². The molecular weight excluding hydrogens is 346 g/mol. The molecule has 0 saturated carbocycles. The van der Waals surface area contributed by atoms with Gasteiger partial charge in [0.1, 0.15) is 6.61 Å². The summed E-state index contributed by atoms with van der Waals surface area (Å²) in [4.78, 5) is 22.5. The van der Waals surface area contributed by atoms with Crippen LogP contribution in [0.3, 0.4) is 0 Å². The molecule has 1 aromatic carbocycles. The summed E-state index contributed by atoms with van der Waals surface area (Å²) in [6, 6.07) is 8.12. The number of rotatable bonds is 6. The Hall–Kier alpha value is -2.45. The zero-order valence-electron chi connectivity index (χ0n) is 15.6. The highest BCUT2D eigenvalue weighted by Gasteiger charge is 2.24. The zero-order valence-corrected chi connectivity index (χ0v) is 15.6. The average molecular weight is 371 g/mol. The van der Waals surface area contributed by atoms with Crippen molar-refractivity contribution in [3.05, 3.63) is 35.7 Å². The number of nitrogens with zero attached hydrogens (tertiary/aromatic N) is 5. The van der Waals surface area contributed by atoms with Crippen LogP contribution >= 0.6 is 0 Å². The quantitative estimate of drug-likeness (QED) is 0.764. The topological polar surface area (TPSA) is 74.9 Å². The average Bonchev–Trinajstić information content (AvgIpc) is 3.31. The lowest BCUT2D eigenvalue weighted by molar-refractivity contribution is 0.108. The second-order valence-electron chi connectivity index (χ2n) is 7.10. The van der Waals surface area contributed by atoms with Crippen LogP contribution in [-0.2, 0) is 11.3 Å². The first-order valence-corrected chi connectivity index (χ1v) is 9.43. The van der Waals surface area contributed by atoms with Gasteiger partial charge in [-0.25, -0.2) is 4.79 Å². The molecule has 144 valence electrons. The van der Waals surface area contributed by atoms with Crippen LogP contribution in [0.1, 0.15) is 11.5 Å². The highest BCUT2D eigenvalue weighted by atomic mass is 16.6. The molecule has 3 heterocycles. The molecule has 8 nitrogen and oxygen atoms in total. The van der Waals surface area contributed by atoms with Crippen molar-refractivity contribution in [3.63, 3.8) is 0 Å². The lowest BCUT2D eigenvalue weighted by atomic mass is 10.1. The van der Waals surface area contributed by atoms with Crippen molar-refractivity contribution in [3.8, 4) is 11.4 Å². The van der Waals surface area contributed by atoms with E-state index in [1.54, 1.807) is 4.90 Å². The first-order chi connectivity index (χ1) is 13.2. The Morgan fingerprint density at radius 2 is 1.74 bits per heavy atom. The molecule has 8 heteroatoms. The normalized spacial score (nSPS) is 18.9. The summed E-state index contributed by atoms with van der Waals surface area (Å²) >= 11 is 0. The Morgan fingerprint density at radius 1 is 1.00 bits per heavy atom. The summed E-state index contributed by atoms with van der Waals surface area (Å²) in [6.45, 7) is 9.43. The van der Waals surface area contributed by atoms with Crippen LogP contribution in [0.25, 0.3) is 11.4 Å². The highest BCUT2D eigenvalue weighted by molar-refractivity contribution is 5.69. The number of carbonyl (C=O) groups excluding carboxylic acids is 1. The number of aromatic nitrogens is 2. The summed E-state index contributed by atoms with van der Waals surface area (Å²) in [7, 11) is 0. The molecule has 0 atom stereocenters. The number of ether oxygens (including phenoxy) is 1. The molecule has 0 aliphatic carbocycles. The molecule has 2 fully saturated rings. The first kappa shape index (κ1) is 17.9. The molecule has 1 aromatic heterocycles. The number of amides is 1. The first-order valence-electron chi connectivity index (χ1n) is 9.43. The smallest absolute Gasteiger partial charge is 0.409 e. The maximum absolute atomic E-state index is 11.5. The number of benzene rings is 1. The van der Waals surface area contributed by atoms with Gasteiger partial charge in [-0.3, -0.25) is 9.80 Å². The fraction of sp³-hybridized carbons (Fsp3) is 0.526. The lowest BCUT2D eigenvalue weighted by Crippen LogP contribution is -2.48. The standard InChI is InChI=1S/C19H25N5O3/c1-15-2-4-16(5-3-15)18-20-17(27-21-18)14-23-8-6-22(7-9-23)10-11-24-12-13-26-19(24)25/h2-5H,6-14H2,1H3. The molecule has 0 spiro atoms. The van der Waals surface area contributed by atoms with Crippen LogP contribution in [0.5, 0.6) is 0 Å². The molecule has 4 rings (SSSR count). The van der Waals surface area contributed by atoms with E-state index < -0.39 is 0 Å². The van der Waals surface area contributed by atoms with Gasteiger partial charge in [-0.1, -0.05) is 35.0 Å². The predicted octanol–water partition coefficient (Wildman–Crippen LogP) is 1.61. The van der Waals surface area contributed by atoms with Crippen molar-refractivity contribution >= 4 is 6.09 Å². The van der Waals surface area contributed by atoms with Gasteiger partial charge in [0.05, 0.1) is 13.1 Å². The van der Waals surface area contributed by atoms with Crippen LogP contribution in [-0.4, -0.2) is 83.4 Å². The minimum atomic E-state index is -0.186. The van der Waals surface area contributed by atoms with Crippen molar-refractivity contribution in [1.29, 1.82) is 0 Å². The Kier molecular flexibility index (Phi) is 5.35. The van der Waals surface area contributed by atoms with Gasteiger partial charge in [-0.2, -0.15) is 4.98 Å². The summed E-state index contributed by atoms with van der Waals surface area (Å²) in [5.74, 6) is 1.29. The summed E-state index contributed by atoms with van der Waals surface area (Å²) in [5.41, 5.74) is 2.18. The molecule has 0 radical (unpaired) electrons. The van der Waals surface area contributed by atoms with E-state index in [9.17, 15) is 4.79 Å². The second kappa shape index (κ2) is 8.06. The van der Waals surface area contributed by atoms with E-state index in [1.807, 2.05) is 24.3 Å². The Balaban J connectivity index is 1.23. The van der Waals surface area contributed by atoms with E-state index in [-0.39, 0.29) is 6.09 Å². The fourth-order valence-corrected chi connectivity index (χ4v) is 3.39. The number of aryl methyl sites for hydroxylation is 1. The van der Waals surface area contributed by atoms with E-state index in [0.717, 1.165) is 44.8 Å². The largest absolute Gasteiger partial charge is 0.448 e. The van der Waals surface area contributed by atoms with E-state index >= 15 is 0 Å². The SMILES string of the molecule is Cc1ccc(-c2noc(CN3CCN(CCN4CCOC4=O)CC3)n2)cc1. The minimum Gasteiger partial charge on any atom is -0.448 e. The Bertz CT molecular complexity index is 768. The van der Waals surface area contributed by atoms with Gasteiger partial charge in [0.2, 0.25) is 11.7 Å². The molecule has 1 amide bonds. The zero-order chi connectivity index (χ0) is 18.6. The van der Waals surface area contributed by atoms with E-state index in [0.29, 0.717) is 31.4 Å². The van der Waals surface area contributed by atoms with Gasteiger partial charge >= 0.3 is 6.09 Å². The van der Waals surface area contributed by atoms with E-state index in [2.05, 4.69) is 26.9 Å². The van der Waals surface area contributed by atoms with Gasteiger partial charge in [-0.15, -0.1) is 0 Å². The van der Waals surface area contributed by atoms with Crippen LogP contribution < -0.4 is 0 Å². The van der Waals surface area contributed by atoms with Gasteiger partial charge in [0.15, 0.2) is 0 Å². The van der Waals surface area contributed by atoms with Crippen molar-refractivity contribution in [2.45, 2.75) is 13.5 Å². The third kappa shape index (κ3) is 4.45. The predicted molar refractivity (Wildman–Crippen MR) is 99.1 cm³/mol. The number of cyclic esters (lactones) is 1. The molecule has 0 unspecified atom stereocenters. The van der Waals surface area contributed by atoms with Crippen LogP contribution in [0.15, 0.2) is 28.8 Å². The molecule has 2 aliphatic rings. The van der Waals surface area contributed by atoms with Gasteiger partial charge in [0, 0.05) is 44.8 Å². The fourth-order valence-electron chi connectivity index (χ4n) is 3.39. The number of hydrogen-bond acceptors (Lipinski definition) is 7. The number of hydrogen-bond donors (Lipinski definition) is 0. The van der Waals surface area contributed by atoms with Crippen LogP contribution in [0.2, 0.25) is 0 Å². The summed E-state index contributed by atoms with van der Waals surface area (Å²) < 4.78 is 10.4. The van der Waals surface area contributed by atoms with Crippen molar-refractivity contribution < 1.29 is 14.1 Å².